The zero-order valence-electron chi connectivity index (χ0n) is 7.93. The summed E-state index contributed by atoms with van der Waals surface area (Å²) in [4.78, 5) is 22.0. The lowest BCUT2D eigenvalue weighted by atomic mass is 10.3. The van der Waals surface area contributed by atoms with Crippen molar-refractivity contribution in [3.63, 3.8) is 0 Å². The number of aromatic nitrogens is 1. The largest absolute Gasteiger partial charge is 0.497 e. The van der Waals surface area contributed by atoms with E-state index in [1.54, 1.807) is 6.07 Å². The van der Waals surface area contributed by atoms with Crippen LogP contribution in [0.4, 0.5) is 0 Å². The van der Waals surface area contributed by atoms with Crippen LogP contribution in [-0.4, -0.2) is 22.8 Å². The summed E-state index contributed by atoms with van der Waals surface area (Å²) >= 11 is 0. The third kappa shape index (κ3) is 1.93. The Morgan fingerprint density at radius 1 is 1.64 bits per heavy atom. The summed E-state index contributed by atoms with van der Waals surface area (Å²) in [7, 11) is 1.44. The van der Waals surface area contributed by atoms with Gasteiger partial charge in [0.25, 0.3) is 5.56 Å². The molecule has 0 radical (unpaired) electrons. The van der Waals surface area contributed by atoms with Gasteiger partial charge in [0, 0.05) is 12.3 Å². The molecule has 1 unspecified atom stereocenters. The summed E-state index contributed by atoms with van der Waals surface area (Å²) in [5, 5.41) is 8.70. The first-order valence-corrected chi connectivity index (χ1v) is 4.05. The molecule has 1 N–H and O–H groups in total. The molecule has 76 valence electrons. The predicted octanol–water partition coefficient (Wildman–Crippen LogP) is 0.502. The van der Waals surface area contributed by atoms with Gasteiger partial charge >= 0.3 is 5.97 Å². The molecule has 0 amide bonds. The fraction of sp³-hybridized carbons (Fsp3) is 0.333. The summed E-state index contributed by atoms with van der Waals surface area (Å²) in [6.07, 6.45) is 1.40. The molecule has 1 aromatic rings. The highest BCUT2D eigenvalue weighted by atomic mass is 16.5. The molecular weight excluding hydrogens is 186 g/mol. The average molecular weight is 197 g/mol. The van der Waals surface area contributed by atoms with Crippen molar-refractivity contribution in [2.75, 3.05) is 7.11 Å². The van der Waals surface area contributed by atoms with Crippen LogP contribution in [0, 0.1) is 0 Å². The van der Waals surface area contributed by atoms with Gasteiger partial charge in [-0.05, 0) is 13.0 Å². The maximum absolute atomic E-state index is 11.4. The molecule has 1 aromatic heterocycles. The molecule has 1 rings (SSSR count). The van der Waals surface area contributed by atoms with Crippen molar-refractivity contribution in [1.29, 1.82) is 0 Å². The van der Waals surface area contributed by atoms with Crippen molar-refractivity contribution in [3.05, 3.63) is 28.7 Å². The Kier molecular flexibility index (Phi) is 2.91. The van der Waals surface area contributed by atoms with Crippen LogP contribution in [0.2, 0.25) is 0 Å². The molecule has 5 heteroatoms. The van der Waals surface area contributed by atoms with E-state index in [2.05, 4.69) is 0 Å². The van der Waals surface area contributed by atoms with Gasteiger partial charge in [0.2, 0.25) is 0 Å². The number of carboxylic acid groups (broad SMARTS) is 1. The quantitative estimate of drug-likeness (QED) is 0.766. The molecule has 0 fully saturated rings. The molecule has 0 aliphatic carbocycles. The Bertz CT molecular complexity index is 396. The minimum atomic E-state index is -1.04. The minimum absolute atomic E-state index is 0.390. The molecule has 0 aliphatic heterocycles. The SMILES string of the molecule is COc1ccn(C(C)C(=O)O)c(=O)c1. The smallest absolute Gasteiger partial charge is 0.326 e. The second-order valence-corrected chi connectivity index (χ2v) is 2.83. The van der Waals surface area contributed by atoms with E-state index in [9.17, 15) is 9.59 Å². The van der Waals surface area contributed by atoms with Crippen LogP contribution in [0.25, 0.3) is 0 Å². The zero-order valence-corrected chi connectivity index (χ0v) is 7.93. The standard InChI is InChI=1S/C9H11NO4/c1-6(9(12)13)10-4-3-7(14-2)5-8(10)11/h3-6H,1-2H3,(H,12,13). The van der Waals surface area contributed by atoms with Crippen LogP contribution >= 0.6 is 0 Å². The molecule has 0 aromatic carbocycles. The van der Waals surface area contributed by atoms with Crippen molar-refractivity contribution >= 4 is 5.97 Å². The highest BCUT2D eigenvalue weighted by molar-refractivity contribution is 5.71. The number of rotatable bonds is 3. The lowest BCUT2D eigenvalue weighted by molar-refractivity contribution is -0.140. The molecule has 0 saturated heterocycles. The Hall–Kier alpha value is -1.78. The van der Waals surface area contributed by atoms with Gasteiger partial charge < -0.3 is 14.4 Å². The third-order valence-electron chi connectivity index (χ3n) is 1.93. The van der Waals surface area contributed by atoms with E-state index in [1.165, 1.54) is 26.3 Å². The molecule has 1 heterocycles. The fourth-order valence-electron chi connectivity index (χ4n) is 1.04. The lowest BCUT2D eigenvalue weighted by Crippen LogP contribution is -2.26. The number of pyridine rings is 1. The van der Waals surface area contributed by atoms with E-state index in [0.717, 1.165) is 4.57 Å². The van der Waals surface area contributed by atoms with Gasteiger partial charge in [0.15, 0.2) is 0 Å². The summed E-state index contributed by atoms with van der Waals surface area (Å²) in [6, 6.07) is 1.92. The minimum Gasteiger partial charge on any atom is -0.497 e. The number of carbonyl (C=O) groups is 1. The molecular formula is C9H11NO4. The number of methoxy groups -OCH3 is 1. The van der Waals surface area contributed by atoms with E-state index in [4.69, 9.17) is 9.84 Å². The van der Waals surface area contributed by atoms with Gasteiger partial charge in [0.1, 0.15) is 11.8 Å². The first-order chi connectivity index (χ1) is 6.56. The Morgan fingerprint density at radius 2 is 2.29 bits per heavy atom. The van der Waals surface area contributed by atoms with E-state index in [-0.39, 0.29) is 5.56 Å². The summed E-state index contributed by atoms with van der Waals surface area (Å²) < 4.78 is 5.96. The van der Waals surface area contributed by atoms with E-state index < -0.39 is 12.0 Å². The first kappa shape index (κ1) is 10.3. The number of ether oxygens (including phenoxy) is 1. The van der Waals surface area contributed by atoms with Gasteiger partial charge in [0.05, 0.1) is 7.11 Å². The molecule has 0 saturated carbocycles. The summed E-state index contributed by atoms with van der Waals surface area (Å²) in [5.74, 6) is -0.624. The number of aliphatic carboxylic acids is 1. The Morgan fingerprint density at radius 3 is 2.71 bits per heavy atom. The van der Waals surface area contributed by atoms with Gasteiger partial charge in [-0.2, -0.15) is 0 Å². The summed E-state index contributed by atoms with van der Waals surface area (Å²) in [6.45, 7) is 1.44. The van der Waals surface area contributed by atoms with Gasteiger partial charge in [-0.3, -0.25) is 4.79 Å². The predicted molar refractivity (Wildman–Crippen MR) is 49.6 cm³/mol. The molecule has 0 spiro atoms. The maximum Gasteiger partial charge on any atom is 0.326 e. The molecule has 5 nitrogen and oxygen atoms in total. The first-order valence-electron chi connectivity index (χ1n) is 4.05. The van der Waals surface area contributed by atoms with Crippen molar-refractivity contribution in [2.45, 2.75) is 13.0 Å². The molecule has 0 bridgehead atoms. The second-order valence-electron chi connectivity index (χ2n) is 2.83. The van der Waals surface area contributed by atoms with Crippen LogP contribution < -0.4 is 10.3 Å². The monoisotopic (exact) mass is 197 g/mol. The lowest BCUT2D eigenvalue weighted by Gasteiger charge is -2.10. The molecule has 0 aliphatic rings. The number of hydrogen-bond acceptors (Lipinski definition) is 3. The van der Waals surface area contributed by atoms with Crippen molar-refractivity contribution in [2.24, 2.45) is 0 Å². The number of hydrogen-bond donors (Lipinski definition) is 1. The van der Waals surface area contributed by atoms with Crippen LogP contribution in [0.1, 0.15) is 13.0 Å². The van der Waals surface area contributed by atoms with E-state index >= 15 is 0 Å². The fourth-order valence-corrected chi connectivity index (χ4v) is 1.04. The van der Waals surface area contributed by atoms with Crippen LogP contribution in [0.3, 0.4) is 0 Å². The molecule has 1 atom stereocenters. The van der Waals surface area contributed by atoms with Gasteiger partial charge in [-0.25, -0.2) is 4.79 Å². The van der Waals surface area contributed by atoms with E-state index in [0.29, 0.717) is 5.75 Å². The number of nitrogens with zero attached hydrogens (tertiary/aromatic N) is 1. The topological polar surface area (TPSA) is 68.5 Å². The summed E-state index contributed by atoms with van der Waals surface area (Å²) in [5.41, 5.74) is -0.390. The Labute approximate surface area is 80.6 Å². The Balaban J connectivity index is 3.12. The van der Waals surface area contributed by atoms with Gasteiger partial charge in [-0.1, -0.05) is 0 Å². The normalized spacial score (nSPS) is 12.1. The van der Waals surface area contributed by atoms with Crippen LogP contribution in [-0.2, 0) is 4.79 Å². The number of carboxylic acids is 1. The van der Waals surface area contributed by atoms with Crippen LogP contribution in [0.15, 0.2) is 23.1 Å². The zero-order chi connectivity index (χ0) is 10.7. The van der Waals surface area contributed by atoms with E-state index in [1.807, 2.05) is 0 Å². The van der Waals surface area contributed by atoms with Crippen molar-refractivity contribution < 1.29 is 14.6 Å². The maximum atomic E-state index is 11.4. The second kappa shape index (κ2) is 3.95. The molecule has 14 heavy (non-hydrogen) atoms. The van der Waals surface area contributed by atoms with Crippen LogP contribution in [0.5, 0.6) is 5.75 Å². The van der Waals surface area contributed by atoms with Crippen molar-refractivity contribution in [1.82, 2.24) is 4.57 Å². The average Bonchev–Trinajstić information content (AvgIpc) is 2.16. The highest BCUT2D eigenvalue weighted by Gasteiger charge is 2.13. The van der Waals surface area contributed by atoms with Gasteiger partial charge in [-0.15, -0.1) is 0 Å². The third-order valence-corrected chi connectivity index (χ3v) is 1.93. The highest BCUT2D eigenvalue weighted by Crippen LogP contribution is 2.07. The van der Waals surface area contributed by atoms with Crippen molar-refractivity contribution in [3.8, 4) is 5.75 Å².